The predicted octanol–water partition coefficient (Wildman–Crippen LogP) is 0.162. The van der Waals surface area contributed by atoms with Crippen LogP contribution in [0.2, 0.25) is 0 Å². The lowest BCUT2D eigenvalue weighted by atomic mass is 10.4. The molecule has 0 saturated heterocycles. The molecular weight excluding hydrogens is 212 g/mol. The molecule has 2 aromatic heterocycles. The molecular formula is C10H6N2O2S. The van der Waals surface area contributed by atoms with Gasteiger partial charge in [0.2, 0.25) is 0 Å². The number of hydrogen-bond acceptors (Lipinski definition) is 4. The van der Waals surface area contributed by atoms with E-state index in [-0.39, 0.29) is 5.56 Å². The molecule has 0 aliphatic carbocycles. The van der Waals surface area contributed by atoms with Gasteiger partial charge in [-0.1, -0.05) is 0 Å². The van der Waals surface area contributed by atoms with E-state index in [1.807, 2.05) is 6.07 Å². The number of H-pyrrole nitrogens is 1. The van der Waals surface area contributed by atoms with E-state index in [2.05, 4.69) is 4.98 Å². The van der Waals surface area contributed by atoms with Gasteiger partial charge in [-0.05, 0) is 12.1 Å². The van der Waals surface area contributed by atoms with Gasteiger partial charge in [-0.25, -0.2) is 0 Å². The van der Waals surface area contributed by atoms with Crippen LogP contribution < -0.4 is 14.8 Å². The number of nitrogens with zero attached hydrogens (tertiary/aromatic N) is 1. The van der Waals surface area contributed by atoms with Gasteiger partial charge in [-0.2, -0.15) is 5.26 Å². The van der Waals surface area contributed by atoms with Crippen LogP contribution in [0.3, 0.4) is 0 Å². The molecule has 0 saturated carbocycles. The summed E-state index contributed by atoms with van der Waals surface area (Å²) in [4.78, 5) is 14.0. The van der Waals surface area contributed by atoms with E-state index in [0.717, 1.165) is 0 Å². The number of aromatic nitrogens is 1. The molecule has 74 valence electrons. The summed E-state index contributed by atoms with van der Waals surface area (Å²) >= 11 is 1.22. The smallest absolute Gasteiger partial charge is 0.266 e. The number of thiazole rings is 1. The summed E-state index contributed by atoms with van der Waals surface area (Å²) in [6.45, 7) is 0. The van der Waals surface area contributed by atoms with Crippen molar-refractivity contribution in [2.24, 2.45) is 0 Å². The molecule has 0 radical (unpaired) electrons. The fourth-order valence-corrected chi connectivity index (χ4v) is 1.90. The number of furan rings is 1. The molecule has 5 heteroatoms. The quantitative estimate of drug-likeness (QED) is 0.741. The van der Waals surface area contributed by atoms with Gasteiger partial charge in [0.15, 0.2) is 0 Å². The van der Waals surface area contributed by atoms with Crippen molar-refractivity contribution in [3.8, 4) is 6.07 Å². The standard InChI is InChI=1S/C10H6N2O2S/c11-4-3-9-12-10(13)8(15-9)6-7-2-1-5-14-7/h1-3,5-6H,(H,12,13)/b8-6-,9-3-. The van der Waals surface area contributed by atoms with Crippen molar-refractivity contribution in [1.82, 2.24) is 4.98 Å². The minimum Gasteiger partial charge on any atom is -0.465 e. The van der Waals surface area contributed by atoms with E-state index >= 15 is 0 Å². The Bertz CT molecular complexity index is 656. The van der Waals surface area contributed by atoms with Crippen LogP contribution in [0, 0.1) is 11.3 Å². The zero-order valence-corrected chi connectivity index (χ0v) is 8.38. The first kappa shape index (κ1) is 9.49. The molecule has 0 unspecified atom stereocenters. The second kappa shape index (κ2) is 3.98. The Kier molecular flexibility index (Phi) is 2.52. The molecule has 1 N–H and O–H groups in total. The molecule has 2 rings (SSSR count). The van der Waals surface area contributed by atoms with E-state index in [1.165, 1.54) is 23.7 Å². The first-order chi connectivity index (χ1) is 7.29. The summed E-state index contributed by atoms with van der Waals surface area (Å²) in [5, 5.41) is 8.43. The van der Waals surface area contributed by atoms with Crippen LogP contribution in [0.15, 0.2) is 27.6 Å². The normalized spacial score (nSPS) is 13.0. The Morgan fingerprint density at radius 2 is 2.47 bits per heavy atom. The van der Waals surface area contributed by atoms with E-state index in [9.17, 15) is 4.79 Å². The van der Waals surface area contributed by atoms with Crippen LogP contribution in [-0.4, -0.2) is 4.98 Å². The third-order valence-corrected chi connectivity index (χ3v) is 2.66. The molecule has 0 fully saturated rings. The lowest BCUT2D eigenvalue weighted by Gasteiger charge is -1.77. The van der Waals surface area contributed by atoms with Crippen molar-refractivity contribution in [3.63, 3.8) is 0 Å². The maximum absolute atomic E-state index is 11.4. The molecule has 0 aromatic carbocycles. The molecule has 0 amide bonds. The van der Waals surface area contributed by atoms with Gasteiger partial charge < -0.3 is 9.40 Å². The summed E-state index contributed by atoms with van der Waals surface area (Å²) in [7, 11) is 0. The van der Waals surface area contributed by atoms with Gasteiger partial charge in [-0.3, -0.25) is 4.79 Å². The summed E-state index contributed by atoms with van der Waals surface area (Å²) in [5.41, 5.74) is -0.210. The topological polar surface area (TPSA) is 69.8 Å². The van der Waals surface area contributed by atoms with Crippen molar-refractivity contribution in [2.75, 3.05) is 0 Å². The number of nitrogens with one attached hydrogen (secondary N) is 1. The lowest BCUT2D eigenvalue weighted by molar-refractivity contribution is 0.557. The van der Waals surface area contributed by atoms with Gasteiger partial charge in [0.05, 0.1) is 16.9 Å². The first-order valence-electron chi connectivity index (χ1n) is 4.14. The number of hydrogen-bond donors (Lipinski definition) is 1. The van der Waals surface area contributed by atoms with Crippen LogP contribution in [0.4, 0.5) is 0 Å². The van der Waals surface area contributed by atoms with Gasteiger partial charge >= 0.3 is 0 Å². The Hall–Kier alpha value is -2.06. The molecule has 2 heterocycles. The Balaban J connectivity index is 2.61. The third kappa shape index (κ3) is 2.06. The van der Waals surface area contributed by atoms with E-state index in [4.69, 9.17) is 9.68 Å². The maximum Gasteiger partial charge on any atom is 0.266 e. The summed E-state index contributed by atoms with van der Waals surface area (Å²) < 4.78 is 6.15. The second-order valence-corrected chi connectivity index (χ2v) is 3.80. The summed E-state index contributed by atoms with van der Waals surface area (Å²) in [6.07, 6.45) is 4.47. The van der Waals surface area contributed by atoms with Crippen molar-refractivity contribution in [2.45, 2.75) is 0 Å². The first-order valence-corrected chi connectivity index (χ1v) is 4.95. The fraction of sp³-hybridized carbons (Fsp3) is 0. The Morgan fingerprint density at radius 1 is 1.60 bits per heavy atom. The number of aromatic amines is 1. The lowest BCUT2D eigenvalue weighted by Crippen LogP contribution is -2.19. The summed E-state index contributed by atoms with van der Waals surface area (Å²) in [6, 6.07) is 5.36. The van der Waals surface area contributed by atoms with Gasteiger partial charge in [0.1, 0.15) is 10.4 Å². The fourth-order valence-electron chi connectivity index (χ4n) is 1.09. The monoisotopic (exact) mass is 218 g/mol. The van der Waals surface area contributed by atoms with E-state index < -0.39 is 0 Å². The zero-order chi connectivity index (χ0) is 10.7. The highest BCUT2D eigenvalue weighted by Crippen LogP contribution is 1.99. The predicted molar refractivity (Wildman–Crippen MR) is 56.5 cm³/mol. The average Bonchev–Trinajstić information content (AvgIpc) is 2.79. The molecule has 0 bridgehead atoms. The largest absolute Gasteiger partial charge is 0.465 e. The van der Waals surface area contributed by atoms with Gasteiger partial charge in [-0.15, -0.1) is 11.3 Å². The van der Waals surface area contributed by atoms with Crippen molar-refractivity contribution < 1.29 is 4.42 Å². The number of nitriles is 1. The molecule has 0 aliphatic heterocycles. The minimum atomic E-state index is -0.210. The molecule has 0 atom stereocenters. The highest BCUT2D eigenvalue weighted by molar-refractivity contribution is 7.07. The third-order valence-electron chi connectivity index (χ3n) is 1.69. The summed E-state index contributed by atoms with van der Waals surface area (Å²) in [5.74, 6) is 0.617. The van der Waals surface area contributed by atoms with Crippen molar-refractivity contribution >= 4 is 23.5 Å². The van der Waals surface area contributed by atoms with Crippen molar-refractivity contribution in [3.05, 3.63) is 43.7 Å². The number of rotatable bonds is 1. The molecule has 15 heavy (non-hydrogen) atoms. The minimum absolute atomic E-state index is 0.210. The Labute approximate surface area is 88.4 Å². The second-order valence-electron chi connectivity index (χ2n) is 2.72. The SMILES string of the molecule is N#C/C=c1/[nH]c(=O)/c(=C/c2ccco2)s1. The van der Waals surface area contributed by atoms with Crippen molar-refractivity contribution in [1.29, 1.82) is 5.26 Å². The van der Waals surface area contributed by atoms with E-state index in [0.29, 0.717) is 15.0 Å². The molecule has 4 nitrogen and oxygen atoms in total. The van der Waals surface area contributed by atoms with Crippen LogP contribution in [0.25, 0.3) is 12.2 Å². The zero-order valence-electron chi connectivity index (χ0n) is 7.56. The van der Waals surface area contributed by atoms with Gasteiger partial charge in [0, 0.05) is 12.2 Å². The molecule has 0 spiro atoms. The van der Waals surface area contributed by atoms with Crippen LogP contribution >= 0.6 is 11.3 Å². The highest BCUT2D eigenvalue weighted by Gasteiger charge is 1.95. The molecule has 0 aliphatic rings. The van der Waals surface area contributed by atoms with E-state index in [1.54, 1.807) is 18.2 Å². The van der Waals surface area contributed by atoms with Crippen LogP contribution in [0.5, 0.6) is 0 Å². The molecule has 2 aromatic rings. The van der Waals surface area contributed by atoms with Gasteiger partial charge in [0.25, 0.3) is 5.56 Å². The Morgan fingerprint density at radius 3 is 3.13 bits per heavy atom. The maximum atomic E-state index is 11.4. The highest BCUT2D eigenvalue weighted by atomic mass is 32.1. The van der Waals surface area contributed by atoms with Crippen LogP contribution in [-0.2, 0) is 0 Å². The van der Waals surface area contributed by atoms with Crippen LogP contribution in [0.1, 0.15) is 5.76 Å². The average molecular weight is 218 g/mol.